The smallest absolute Gasteiger partial charge is 0.407 e. The molecule has 0 bridgehead atoms. The Morgan fingerprint density at radius 3 is 2.17 bits per heavy atom. The van der Waals surface area contributed by atoms with Crippen molar-refractivity contribution >= 4 is 27.8 Å². The molecule has 1 aliphatic rings. The topological polar surface area (TPSA) is 139 Å². The van der Waals surface area contributed by atoms with Gasteiger partial charge in [0.25, 0.3) is 0 Å². The average molecular weight is 503 g/mol. The first-order valence-electron chi connectivity index (χ1n) is 11.4. The van der Waals surface area contributed by atoms with Crippen molar-refractivity contribution in [1.29, 1.82) is 0 Å². The molecule has 0 fully saturated rings. The number of nitrogens with one attached hydrogen (secondary N) is 2. The van der Waals surface area contributed by atoms with Crippen molar-refractivity contribution in [2.24, 2.45) is 0 Å². The lowest BCUT2D eigenvalue weighted by Gasteiger charge is -2.19. The van der Waals surface area contributed by atoms with Gasteiger partial charge in [-0.1, -0.05) is 48.5 Å². The molecule has 0 saturated heterocycles. The third kappa shape index (κ3) is 7.54. The van der Waals surface area contributed by atoms with Crippen LogP contribution in [0, 0.1) is 0 Å². The molecule has 188 valence electrons. The lowest BCUT2D eigenvalue weighted by atomic mass is 9.98. The number of hydrogen-bond donors (Lipinski definition) is 3. The third-order valence-electron chi connectivity index (χ3n) is 5.84. The number of aliphatic carboxylic acids is 1. The molecule has 35 heavy (non-hydrogen) atoms. The third-order valence-corrected chi connectivity index (χ3v) is 6.87. The SMILES string of the molecule is CS(=O)(=O)CCCCNC(=O)C(CCC(=O)O)NC(=O)OCC1c2ccccc2-c2ccccc21. The number of rotatable bonds is 12. The molecular formula is C25H30N2O7S. The monoisotopic (exact) mass is 502 g/mol. The van der Waals surface area contributed by atoms with Crippen LogP contribution < -0.4 is 10.6 Å². The van der Waals surface area contributed by atoms with Gasteiger partial charge < -0.3 is 20.5 Å². The molecule has 3 N–H and O–H groups in total. The normalized spacial score (nSPS) is 13.4. The second-order valence-corrected chi connectivity index (χ2v) is 10.8. The Balaban J connectivity index is 1.56. The standard InChI is InChI=1S/C25H30N2O7S/c1-35(32,33)15-7-6-14-26-24(30)22(12-13-23(28)29)27-25(31)34-16-21-19-10-4-2-8-17(19)18-9-3-5-11-20(18)21/h2-5,8-11,21-22H,6-7,12-16H2,1H3,(H,26,30)(H,27,31)(H,28,29). The lowest BCUT2D eigenvalue weighted by Crippen LogP contribution is -2.47. The number of hydrogen-bond acceptors (Lipinski definition) is 6. The molecule has 3 rings (SSSR count). The van der Waals surface area contributed by atoms with Gasteiger partial charge in [0.05, 0.1) is 0 Å². The predicted octanol–water partition coefficient (Wildman–Crippen LogP) is 2.70. The maximum Gasteiger partial charge on any atom is 0.407 e. The summed E-state index contributed by atoms with van der Waals surface area (Å²) in [6, 6.07) is 14.7. The lowest BCUT2D eigenvalue weighted by molar-refractivity contribution is -0.137. The average Bonchev–Trinajstić information content (AvgIpc) is 3.13. The summed E-state index contributed by atoms with van der Waals surface area (Å²) < 4.78 is 27.9. The Hall–Kier alpha value is -3.40. The second kappa shape index (κ2) is 11.8. The summed E-state index contributed by atoms with van der Waals surface area (Å²) in [5.74, 6) is -1.76. The molecule has 0 heterocycles. The fourth-order valence-electron chi connectivity index (χ4n) is 4.14. The van der Waals surface area contributed by atoms with E-state index in [4.69, 9.17) is 9.84 Å². The molecule has 10 heteroatoms. The van der Waals surface area contributed by atoms with Crippen molar-refractivity contribution in [2.75, 3.05) is 25.2 Å². The Kier molecular flexibility index (Phi) is 8.86. The minimum absolute atomic E-state index is 0.0172. The molecule has 2 aromatic carbocycles. The van der Waals surface area contributed by atoms with Crippen LogP contribution in [-0.4, -0.2) is 62.7 Å². The predicted molar refractivity (Wildman–Crippen MR) is 131 cm³/mol. The maximum absolute atomic E-state index is 12.5. The van der Waals surface area contributed by atoms with Crippen molar-refractivity contribution in [1.82, 2.24) is 10.6 Å². The van der Waals surface area contributed by atoms with Crippen LogP contribution in [0.25, 0.3) is 11.1 Å². The maximum atomic E-state index is 12.5. The first-order chi connectivity index (χ1) is 16.7. The minimum atomic E-state index is -3.08. The van der Waals surface area contributed by atoms with E-state index in [1.807, 2.05) is 48.5 Å². The Bertz CT molecular complexity index is 1130. The fraction of sp³-hybridized carbons (Fsp3) is 0.400. The van der Waals surface area contributed by atoms with E-state index in [0.29, 0.717) is 12.8 Å². The number of sulfone groups is 1. The number of amides is 2. The zero-order valence-electron chi connectivity index (χ0n) is 19.5. The fourth-order valence-corrected chi connectivity index (χ4v) is 4.87. The zero-order chi connectivity index (χ0) is 25.4. The van der Waals surface area contributed by atoms with Gasteiger partial charge in [-0.3, -0.25) is 9.59 Å². The van der Waals surface area contributed by atoms with E-state index in [0.717, 1.165) is 28.5 Å². The highest BCUT2D eigenvalue weighted by Gasteiger charge is 2.30. The van der Waals surface area contributed by atoms with Gasteiger partial charge in [0.15, 0.2) is 0 Å². The molecule has 2 aromatic rings. The number of benzene rings is 2. The summed E-state index contributed by atoms with van der Waals surface area (Å²) in [6.07, 6.45) is 0.749. The summed E-state index contributed by atoms with van der Waals surface area (Å²) in [4.78, 5) is 36.1. The molecule has 0 spiro atoms. The highest BCUT2D eigenvalue weighted by atomic mass is 32.2. The van der Waals surface area contributed by atoms with Gasteiger partial charge in [-0.15, -0.1) is 0 Å². The van der Waals surface area contributed by atoms with E-state index in [1.54, 1.807) is 0 Å². The number of carbonyl (C=O) groups excluding carboxylic acids is 2. The molecular weight excluding hydrogens is 472 g/mol. The van der Waals surface area contributed by atoms with Gasteiger partial charge in [0.1, 0.15) is 22.5 Å². The quantitative estimate of drug-likeness (QED) is 0.379. The summed E-state index contributed by atoms with van der Waals surface area (Å²) in [7, 11) is -3.08. The number of carboxylic acids is 1. The number of alkyl carbamates (subject to hydrolysis) is 1. The van der Waals surface area contributed by atoms with E-state index in [2.05, 4.69) is 10.6 Å². The largest absolute Gasteiger partial charge is 0.481 e. The van der Waals surface area contributed by atoms with Crippen LogP contribution in [0.15, 0.2) is 48.5 Å². The second-order valence-electron chi connectivity index (χ2n) is 8.58. The molecule has 0 aromatic heterocycles. The Morgan fingerprint density at radius 1 is 1.00 bits per heavy atom. The van der Waals surface area contributed by atoms with Crippen LogP contribution in [-0.2, 0) is 24.2 Å². The Labute approximate surface area is 204 Å². The summed E-state index contributed by atoms with van der Waals surface area (Å²) in [5.41, 5.74) is 4.28. The highest BCUT2D eigenvalue weighted by Crippen LogP contribution is 2.44. The number of fused-ring (bicyclic) bond motifs is 3. The molecule has 0 aliphatic heterocycles. The van der Waals surface area contributed by atoms with Crippen molar-refractivity contribution in [3.63, 3.8) is 0 Å². The van der Waals surface area contributed by atoms with E-state index in [-0.39, 0.29) is 37.7 Å². The molecule has 0 radical (unpaired) electrons. The Morgan fingerprint density at radius 2 is 1.60 bits per heavy atom. The van der Waals surface area contributed by atoms with Crippen LogP contribution >= 0.6 is 0 Å². The van der Waals surface area contributed by atoms with E-state index in [1.165, 1.54) is 0 Å². The van der Waals surface area contributed by atoms with Crippen molar-refractivity contribution < 1.29 is 32.6 Å². The number of unbranched alkanes of at least 4 members (excludes halogenated alkanes) is 1. The van der Waals surface area contributed by atoms with Gasteiger partial charge in [-0.05, 0) is 41.5 Å². The number of ether oxygens (including phenoxy) is 1. The highest BCUT2D eigenvalue weighted by molar-refractivity contribution is 7.90. The van der Waals surface area contributed by atoms with Gasteiger partial charge >= 0.3 is 12.1 Å². The van der Waals surface area contributed by atoms with E-state index >= 15 is 0 Å². The molecule has 0 saturated carbocycles. The van der Waals surface area contributed by atoms with Crippen LogP contribution in [0.4, 0.5) is 4.79 Å². The summed E-state index contributed by atoms with van der Waals surface area (Å²) >= 11 is 0. The van der Waals surface area contributed by atoms with Crippen LogP contribution in [0.2, 0.25) is 0 Å². The van der Waals surface area contributed by atoms with Gasteiger partial charge in [0, 0.05) is 30.9 Å². The minimum Gasteiger partial charge on any atom is -0.481 e. The summed E-state index contributed by atoms with van der Waals surface area (Å²) in [5, 5.41) is 14.1. The van der Waals surface area contributed by atoms with Gasteiger partial charge in [-0.2, -0.15) is 0 Å². The first kappa shape index (κ1) is 26.2. The van der Waals surface area contributed by atoms with Gasteiger partial charge in [0.2, 0.25) is 5.91 Å². The van der Waals surface area contributed by atoms with Crippen molar-refractivity contribution in [3.05, 3.63) is 59.7 Å². The van der Waals surface area contributed by atoms with Crippen molar-refractivity contribution in [3.8, 4) is 11.1 Å². The molecule has 1 atom stereocenters. The molecule has 9 nitrogen and oxygen atoms in total. The van der Waals surface area contributed by atoms with Crippen molar-refractivity contribution in [2.45, 2.75) is 37.6 Å². The van der Waals surface area contributed by atoms with Crippen LogP contribution in [0.3, 0.4) is 0 Å². The molecule has 1 unspecified atom stereocenters. The summed E-state index contributed by atoms with van der Waals surface area (Å²) in [6.45, 7) is 0.281. The van der Waals surface area contributed by atoms with E-state index < -0.39 is 33.8 Å². The molecule has 2 amide bonds. The molecule has 1 aliphatic carbocycles. The van der Waals surface area contributed by atoms with Crippen LogP contribution in [0.1, 0.15) is 42.7 Å². The van der Waals surface area contributed by atoms with Crippen LogP contribution in [0.5, 0.6) is 0 Å². The zero-order valence-corrected chi connectivity index (χ0v) is 20.3. The van der Waals surface area contributed by atoms with E-state index in [9.17, 15) is 22.8 Å². The first-order valence-corrected chi connectivity index (χ1v) is 13.5. The van der Waals surface area contributed by atoms with Gasteiger partial charge in [-0.25, -0.2) is 13.2 Å². The number of carbonyl (C=O) groups is 3. The number of carboxylic acid groups (broad SMARTS) is 1.